The van der Waals surface area contributed by atoms with Crippen molar-refractivity contribution in [2.24, 2.45) is 5.92 Å². The zero-order valence-corrected chi connectivity index (χ0v) is 8.94. The first-order valence-corrected chi connectivity index (χ1v) is 5.23. The lowest BCUT2D eigenvalue weighted by Crippen LogP contribution is -2.29. The lowest BCUT2D eigenvalue weighted by Gasteiger charge is -2.14. The first-order valence-electron chi connectivity index (χ1n) is 5.23. The van der Waals surface area contributed by atoms with Crippen molar-refractivity contribution < 1.29 is 19.0 Å². The normalized spacial score (nSPS) is 16.9. The molecule has 1 N–H and O–H groups in total. The highest BCUT2D eigenvalue weighted by Crippen LogP contribution is 2.35. The lowest BCUT2D eigenvalue weighted by atomic mass is 10.2. The van der Waals surface area contributed by atoms with Crippen LogP contribution in [0.4, 0.5) is 4.39 Å². The van der Waals surface area contributed by atoms with E-state index in [-0.39, 0.29) is 11.7 Å². The van der Waals surface area contributed by atoms with Gasteiger partial charge in [-0.2, -0.15) is 0 Å². The van der Waals surface area contributed by atoms with Crippen LogP contribution in [0.25, 0.3) is 0 Å². The molecule has 0 spiro atoms. The van der Waals surface area contributed by atoms with Crippen LogP contribution in [0.15, 0.2) is 18.2 Å². The third-order valence-electron chi connectivity index (χ3n) is 2.69. The number of carbonyl (C=O) groups is 1. The quantitative estimate of drug-likeness (QED) is 0.854. The van der Waals surface area contributed by atoms with Gasteiger partial charge in [0.05, 0.1) is 0 Å². The van der Waals surface area contributed by atoms with Crippen LogP contribution in [0.2, 0.25) is 0 Å². The number of aryl methyl sites for hydroxylation is 1. The van der Waals surface area contributed by atoms with E-state index in [2.05, 4.69) is 0 Å². The van der Waals surface area contributed by atoms with Crippen LogP contribution >= 0.6 is 0 Å². The Morgan fingerprint density at radius 3 is 2.75 bits per heavy atom. The number of carboxylic acid groups (broad SMARTS) is 1. The maximum atomic E-state index is 13.0. The molecule has 1 aromatic carbocycles. The summed E-state index contributed by atoms with van der Waals surface area (Å²) in [6.07, 6.45) is 0.971. The Labute approximate surface area is 92.9 Å². The van der Waals surface area contributed by atoms with E-state index < -0.39 is 12.1 Å². The predicted octanol–water partition coefficient (Wildman–Crippen LogP) is 2.38. The molecule has 1 aliphatic carbocycles. The van der Waals surface area contributed by atoms with Gasteiger partial charge in [0.2, 0.25) is 0 Å². The summed E-state index contributed by atoms with van der Waals surface area (Å²) in [5.41, 5.74) is 0.456. The highest BCUT2D eigenvalue weighted by molar-refractivity contribution is 5.73. The number of hydrogen-bond donors (Lipinski definition) is 1. The molecule has 0 aromatic heterocycles. The summed E-state index contributed by atoms with van der Waals surface area (Å²) in [7, 11) is 0. The fourth-order valence-corrected chi connectivity index (χ4v) is 1.58. The van der Waals surface area contributed by atoms with Crippen molar-refractivity contribution in [2.75, 3.05) is 0 Å². The molecule has 0 aliphatic heterocycles. The Morgan fingerprint density at radius 2 is 2.25 bits per heavy atom. The lowest BCUT2D eigenvalue weighted by molar-refractivity contribution is -0.146. The summed E-state index contributed by atoms with van der Waals surface area (Å²) in [6, 6.07) is 4.27. The number of halogens is 1. The van der Waals surface area contributed by atoms with Crippen molar-refractivity contribution >= 4 is 5.97 Å². The van der Waals surface area contributed by atoms with Gasteiger partial charge in [0.1, 0.15) is 11.6 Å². The molecule has 4 heteroatoms. The summed E-state index contributed by atoms with van der Waals surface area (Å²) in [5.74, 6) is -0.754. The van der Waals surface area contributed by atoms with E-state index in [0.717, 1.165) is 12.8 Å². The average molecular weight is 224 g/mol. The maximum Gasteiger partial charge on any atom is 0.345 e. The second-order valence-corrected chi connectivity index (χ2v) is 4.13. The SMILES string of the molecule is Cc1cc(OC(C(=O)O)C2CC2)ccc1F. The highest BCUT2D eigenvalue weighted by Gasteiger charge is 2.38. The minimum Gasteiger partial charge on any atom is -0.478 e. The van der Waals surface area contributed by atoms with Gasteiger partial charge in [-0.1, -0.05) is 0 Å². The topological polar surface area (TPSA) is 46.5 Å². The van der Waals surface area contributed by atoms with Gasteiger partial charge in [0, 0.05) is 5.92 Å². The Morgan fingerprint density at radius 1 is 1.56 bits per heavy atom. The van der Waals surface area contributed by atoms with Crippen LogP contribution in [0, 0.1) is 18.7 Å². The molecule has 1 aliphatic rings. The van der Waals surface area contributed by atoms with Crippen LogP contribution in [0.5, 0.6) is 5.75 Å². The number of benzene rings is 1. The van der Waals surface area contributed by atoms with Gasteiger partial charge >= 0.3 is 5.97 Å². The van der Waals surface area contributed by atoms with Crippen molar-refractivity contribution in [2.45, 2.75) is 25.9 Å². The van der Waals surface area contributed by atoms with E-state index in [1.165, 1.54) is 18.2 Å². The standard InChI is InChI=1S/C12H13FO3/c1-7-6-9(4-5-10(7)13)16-11(12(14)15)8-2-3-8/h4-6,8,11H,2-3H2,1H3,(H,14,15). The summed E-state index contributed by atoms with van der Waals surface area (Å²) in [5, 5.41) is 8.97. The fraction of sp³-hybridized carbons (Fsp3) is 0.417. The van der Waals surface area contributed by atoms with Gasteiger partial charge in [-0.15, -0.1) is 0 Å². The van der Waals surface area contributed by atoms with Gasteiger partial charge < -0.3 is 9.84 Å². The Balaban J connectivity index is 2.12. The molecule has 1 unspecified atom stereocenters. The smallest absolute Gasteiger partial charge is 0.345 e. The van der Waals surface area contributed by atoms with Gasteiger partial charge in [-0.3, -0.25) is 0 Å². The monoisotopic (exact) mass is 224 g/mol. The molecule has 1 saturated carbocycles. The number of hydrogen-bond acceptors (Lipinski definition) is 2. The number of ether oxygens (including phenoxy) is 1. The van der Waals surface area contributed by atoms with E-state index in [1.807, 2.05) is 0 Å². The minimum absolute atomic E-state index is 0.0999. The highest BCUT2D eigenvalue weighted by atomic mass is 19.1. The molecule has 0 bridgehead atoms. The second-order valence-electron chi connectivity index (χ2n) is 4.13. The summed E-state index contributed by atoms with van der Waals surface area (Å²) in [6.45, 7) is 1.62. The molecule has 0 saturated heterocycles. The number of carboxylic acids is 1. The van der Waals surface area contributed by atoms with Gasteiger partial charge in [0.15, 0.2) is 6.10 Å². The zero-order valence-electron chi connectivity index (χ0n) is 8.94. The van der Waals surface area contributed by atoms with Crippen LogP contribution in [-0.4, -0.2) is 17.2 Å². The fourth-order valence-electron chi connectivity index (χ4n) is 1.58. The third-order valence-corrected chi connectivity index (χ3v) is 2.69. The average Bonchev–Trinajstić information content (AvgIpc) is 3.03. The molecular weight excluding hydrogens is 211 g/mol. The zero-order chi connectivity index (χ0) is 11.7. The molecule has 1 fully saturated rings. The molecular formula is C12H13FO3. The minimum atomic E-state index is -0.954. The molecule has 86 valence electrons. The van der Waals surface area contributed by atoms with Crippen LogP contribution in [0.1, 0.15) is 18.4 Å². The third kappa shape index (κ3) is 2.32. The first-order chi connectivity index (χ1) is 7.58. The molecule has 1 aromatic rings. The molecule has 2 rings (SSSR count). The van der Waals surface area contributed by atoms with Crippen molar-refractivity contribution in [3.05, 3.63) is 29.6 Å². The van der Waals surface area contributed by atoms with E-state index in [1.54, 1.807) is 6.92 Å². The number of aliphatic carboxylic acids is 1. The summed E-state index contributed by atoms with van der Waals surface area (Å²) in [4.78, 5) is 10.9. The maximum absolute atomic E-state index is 13.0. The van der Waals surface area contributed by atoms with E-state index in [4.69, 9.17) is 9.84 Å². The van der Waals surface area contributed by atoms with Crippen molar-refractivity contribution in [3.63, 3.8) is 0 Å². The van der Waals surface area contributed by atoms with Crippen LogP contribution in [-0.2, 0) is 4.79 Å². The molecule has 0 heterocycles. The van der Waals surface area contributed by atoms with Crippen LogP contribution < -0.4 is 4.74 Å². The van der Waals surface area contributed by atoms with Crippen LogP contribution in [0.3, 0.4) is 0 Å². The van der Waals surface area contributed by atoms with Gasteiger partial charge in [0.25, 0.3) is 0 Å². The largest absolute Gasteiger partial charge is 0.478 e. The van der Waals surface area contributed by atoms with E-state index >= 15 is 0 Å². The van der Waals surface area contributed by atoms with Gasteiger partial charge in [-0.05, 0) is 43.5 Å². The summed E-state index contributed by atoms with van der Waals surface area (Å²) < 4.78 is 18.4. The van der Waals surface area contributed by atoms with E-state index in [9.17, 15) is 9.18 Å². The van der Waals surface area contributed by atoms with Crippen molar-refractivity contribution in [1.29, 1.82) is 0 Å². The molecule has 3 nitrogen and oxygen atoms in total. The molecule has 0 radical (unpaired) electrons. The Hall–Kier alpha value is -1.58. The Bertz CT molecular complexity index is 413. The molecule has 16 heavy (non-hydrogen) atoms. The van der Waals surface area contributed by atoms with Gasteiger partial charge in [-0.25, -0.2) is 9.18 Å². The number of rotatable bonds is 4. The second kappa shape index (κ2) is 4.12. The summed E-state index contributed by atoms with van der Waals surface area (Å²) >= 11 is 0. The first kappa shape index (κ1) is 10.9. The molecule has 0 amide bonds. The Kier molecular flexibility index (Phi) is 2.81. The molecule has 1 atom stereocenters. The van der Waals surface area contributed by atoms with E-state index in [0.29, 0.717) is 11.3 Å². The predicted molar refractivity (Wildman–Crippen MR) is 55.9 cm³/mol. The van der Waals surface area contributed by atoms with Crippen molar-refractivity contribution in [3.8, 4) is 5.75 Å². The van der Waals surface area contributed by atoms with Crippen molar-refractivity contribution in [1.82, 2.24) is 0 Å².